The number of furan rings is 1. The van der Waals surface area contributed by atoms with E-state index in [1.807, 2.05) is 6.07 Å². The molecule has 0 radical (unpaired) electrons. The lowest BCUT2D eigenvalue weighted by Gasteiger charge is -2.01. The average molecular weight is 167 g/mol. The van der Waals surface area contributed by atoms with Crippen molar-refractivity contribution >= 4 is 0 Å². The highest BCUT2D eigenvalue weighted by atomic mass is 16.3. The fourth-order valence-corrected chi connectivity index (χ4v) is 1.23. The molecule has 12 heavy (non-hydrogen) atoms. The van der Waals surface area contributed by atoms with Crippen LogP contribution in [0.15, 0.2) is 16.7 Å². The summed E-state index contributed by atoms with van der Waals surface area (Å²) in [6, 6.07) is 2.04. The van der Waals surface area contributed by atoms with Crippen LogP contribution in [0.5, 0.6) is 0 Å². The SMILES string of the molecule is CCCNCc1ccoc1CC. The second-order valence-electron chi connectivity index (χ2n) is 2.90. The van der Waals surface area contributed by atoms with Gasteiger partial charge in [-0.25, -0.2) is 0 Å². The van der Waals surface area contributed by atoms with E-state index in [1.165, 1.54) is 12.0 Å². The van der Waals surface area contributed by atoms with Crippen LogP contribution >= 0.6 is 0 Å². The second-order valence-corrected chi connectivity index (χ2v) is 2.90. The van der Waals surface area contributed by atoms with Crippen molar-refractivity contribution in [3.05, 3.63) is 23.7 Å². The highest BCUT2D eigenvalue weighted by Gasteiger charge is 2.01. The Hall–Kier alpha value is -0.760. The van der Waals surface area contributed by atoms with Crippen molar-refractivity contribution in [3.63, 3.8) is 0 Å². The van der Waals surface area contributed by atoms with E-state index in [-0.39, 0.29) is 0 Å². The summed E-state index contributed by atoms with van der Waals surface area (Å²) in [5.41, 5.74) is 1.30. The van der Waals surface area contributed by atoms with Crippen molar-refractivity contribution in [2.24, 2.45) is 0 Å². The van der Waals surface area contributed by atoms with Crippen molar-refractivity contribution in [3.8, 4) is 0 Å². The van der Waals surface area contributed by atoms with Crippen LogP contribution in [-0.2, 0) is 13.0 Å². The maximum absolute atomic E-state index is 5.30. The number of hydrogen-bond donors (Lipinski definition) is 1. The van der Waals surface area contributed by atoms with E-state index < -0.39 is 0 Å². The van der Waals surface area contributed by atoms with Crippen LogP contribution in [-0.4, -0.2) is 6.54 Å². The molecule has 1 N–H and O–H groups in total. The molecular weight excluding hydrogens is 150 g/mol. The highest BCUT2D eigenvalue weighted by molar-refractivity contribution is 5.16. The third kappa shape index (κ3) is 2.38. The minimum atomic E-state index is 0.938. The van der Waals surface area contributed by atoms with Crippen molar-refractivity contribution in [1.29, 1.82) is 0 Å². The molecule has 1 aromatic heterocycles. The first-order valence-electron chi connectivity index (χ1n) is 4.64. The number of nitrogens with one attached hydrogen (secondary N) is 1. The molecule has 0 saturated carbocycles. The molecule has 0 fully saturated rings. The van der Waals surface area contributed by atoms with Crippen LogP contribution < -0.4 is 5.32 Å². The fourth-order valence-electron chi connectivity index (χ4n) is 1.23. The number of aryl methyl sites for hydroxylation is 1. The molecule has 0 aromatic carbocycles. The Morgan fingerprint density at radius 2 is 2.25 bits per heavy atom. The van der Waals surface area contributed by atoms with Gasteiger partial charge in [-0.15, -0.1) is 0 Å². The van der Waals surface area contributed by atoms with Crippen molar-refractivity contribution < 1.29 is 4.42 Å². The van der Waals surface area contributed by atoms with E-state index in [1.54, 1.807) is 6.26 Å². The van der Waals surface area contributed by atoms with Gasteiger partial charge in [0.05, 0.1) is 6.26 Å². The molecule has 68 valence electrons. The fraction of sp³-hybridized carbons (Fsp3) is 0.600. The van der Waals surface area contributed by atoms with Gasteiger partial charge in [-0.2, -0.15) is 0 Å². The molecule has 0 saturated heterocycles. The lowest BCUT2D eigenvalue weighted by atomic mass is 10.2. The molecule has 0 aliphatic carbocycles. The summed E-state index contributed by atoms with van der Waals surface area (Å²) < 4.78 is 5.30. The monoisotopic (exact) mass is 167 g/mol. The standard InChI is InChI=1S/C10H17NO/c1-3-6-11-8-9-5-7-12-10(9)4-2/h5,7,11H,3-4,6,8H2,1-2H3. The summed E-state index contributed by atoms with van der Waals surface area (Å²) in [6.07, 6.45) is 3.93. The third-order valence-electron chi connectivity index (χ3n) is 1.90. The molecule has 0 amide bonds. The van der Waals surface area contributed by atoms with E-state index in [0.717, 1.165) is 25.3 Å². The molecule has 0 unspecified atom stereocenters. The first-order chi connectivity index (χ1) is 5.88. The lowest BCUT2D eigenvalue weighted by molar-refractivity contribution is 0.508. The minimum Gasteiger partial charge on any atom is -0.469 e. The summed E-state index contributed by atoms with van der Waals surface area (Å²) in [7, 11) is 0. The van der Waals surface area contributed by atoms with Gasteiger partial charge in [-0.05, 0) is 19.0 Å². The Labute approximate surface area is 74.0 Å². The molecule has 0 aliphatic rings. The van der Waals surface area contributed by atoms with Gasteiger partial charge in [0.2, 0.25) is 0 Å². The third-order valence-corrected chi connectivity index (χ3v) is 1.90. The van der Waals surface area contributed by atoms with Crippen LogP contribution in [0.25, 0.3) is 0 Å². The minimum absolute atomic E-state index is 0.938. The summed E-state index contributed by atoms with van der Waals surface area (Å²) >= 11 is 0. The van der Waals surface area contributed by atoms with Crippen LogP contribution in [0, 0.1) is 0 Å². The molecule has 1 rings (SSSR count). The average Bonchev–Trinajstić information content (AvgIpc) is 2.52. The van der Waals surface area contributed by atoms with Gasteiger partial charge in [0.15, 0.2) is 0 Å². The van der Waals surface area contributed by atoms with Gasteiger partial charge in [0.25, 0.3) is 0 Å². The molecule has 2 nitrogen and oxygen atoms in total. The summed E-state index contributed by atoms with van der Waals surface area (Å²) in [4.78, 5) is 0. The maximum Gasteiger partial charge on any atom is 0.107 e. The van der Waals surface area contributed by atoms with Gasteiger partial charge >= 0.3 is 0 Å². The van der Waals surface area contributed by atoms with Crippen LogP contribution in [0.4, 0.5) is 0 Å². The van der Waals surface area contributed by atoms with E-state index in [0.29, 0.717) is 0 Å². The van der Waals surface area contributed by atoms with E-state index in [4.69, 9.17) is 4.42 Å². The van der Waals surface area contributed by atoms with Crippen LogP contribution in [0.1, 0.15) is 31.6 Å². The second kappa shape index (κ2) is 4.99. The van der Waals surface area contributed by atoms with Crippen molar-refractivity contribution in [2.75, 3.05) is 6.54 Å². The number of rotatable bonds is 5. The Kier molecular flexibility index (Phi) is 3.88. The predicted molar refractivity (Wildman–Crippen MR) is 50.1 cm³/mol. The zero-order valence-electron chi connectivity index (χ0n) is 7.89. The first-order valence-corrected chi connectivity index (χ1v) is 4.64. The molecule has 1 aromatic rings. The maximum atomic E-state index is 5.30. The van der Waals surface area contributed by atoms with Gasteiger partial charge in [-0.3, -0.25) is 0 Å². The molecule has 0 spiro atoms. The lowest BCUT2D eigenvalue weighted by Crippen LogP contribution is -2.14. The number of hydrogen-bond acceptors (Lipinski definition) is 2. The summed E-state index contributed by atoms with van der Waals surface area (Å²) in [5.74, 6) is 1.11. The normalized spacial score (nSPS) is 10.5. The zero-order valence-corrected chi connectivity index (χ0v) is 7.89. The summed E-state index contributed by atoms with van der Waals surface area (Å²) in [6.45, 7) is 6.30. The van der Waals surface area contributed by atoms with Crippen LogP contribution in [0.2, 0.25) is 0 Å². The quantitative estimate of drug-likeness (QED) is 0.681. The van der Waals surface area contributed by atoms with Gasteiger partial charge in [-0.1, -0.05) is 13.8 Å². The molecule has 0 bridgehead atoms. The van der Waals surface area contributed by atoms with E-state index >= 15 is 0 Å². The van der Waals surface area contributed by atoms with Gasteiger partial charge in [0.1, 0.15) is 5.76 Å². The molecular formula is C10H17NO. The molecule has 0 atom stereocenters. The zero-order chi connectivity index (χ0) is 8.81. The largest absolute Gasteiger partial charge is 0.469 e. The van der Waals surface area contributed by atoms with Gasteiger partial charge in [0, 0.05) is 18.5 Å². The van der Waals surface area contributed by atoms with E-state index in [9.17, 15) is 0 Å². The topological polar surface area (TPSA) is 25.2 Å². The molecule has 2 heteroatoms. The Bertz CT molecular complexity index is 217. The highest BCUT2D eigenvalue weighted by Crippen LogP contribution is 2.10. The molecule has 1 heterocycles. The Balaban J connectivity index is 2.39. The molecule has 0 aliphatic heterocycles. The van der Waals surface area contributed by atoms with E-state index in [2.05, 4.69) is 19.2 Å². The Morgan fingerprint density at radius 1 is 1.42 bits per heavy atom. The van der Waals surface area contributed by atoms with Crippen LogP contribution in [0.3, 0.4) is 0 Å². The van der Waals surface area contributed by atoms with Crippen molar-refractivity contribution in [2.45, 2.75) is 33.2 Å². The smallest absolute Gasteiger partial charge is 0.107 e. The predicted octanol–water partition coefficient (Wildman–Crippen LogP) is 2.34. The Morgan fingerprint density at radius 3 is 2.92 bits per heavy atom. The summed E-state index contributed by atoms with van der Waals surface area (Å²) in [5, 5.41) is 3.35. The van der Waals surface area contributed by atoms with Crippen molar-refractivity contribution in [1.82, 2.24) is 5.32 Å². The first kappa shape index (κ1) is 9.33. The van der Waals surface area contributed by atoms with Gasteiger partial charge < -0.3 is 9.73 Å².